The third-order valence-electron chi connectivity index (χ3n) is 4.16. The highest BCUT2D eigenvalue weighted by Gasteiger charge is 2.34. The second kappa shape index (κ2) is 7.44. The molecule has 1 aliphatic carbocycles. The van der Waals surface area contributed by atoms with Crippen LogP contribution in [0.15, 0.2) is 29.2 Å². The van der Waals surface area contributed by atoms with Gasteiger partial charge in [0.1, 0.15) is 10.6 Å². The molecule has 0 unspecified atom stereocenters. The number of para-hydroxylation sites is 1. The minimum Gasteiger partial charge on any atom is -0.495 e. The van der Waals surface area contributed by atoms with Crippen molar-refractivity contribution in [3.8, 4) is 5.75 Å². The molecule has 0 aliphatic heterocycles. The van der Waals surface area contributed by atoms with E-state index in [4.69, 9.17) is 4.74 Å². The topological polar surface area (TPSA) is 49.9 Å². The molecule has 0 saturated heterocycles. The van der Waals surface area contributed by atoms with Gasteiger partial charge in [-0.05, 0) is 39.1 Å². The van der Waals surface area contributed by atoms with Crippen molar-refractivity contribution in [3.05, 3.63) is 24.3 Å². The Morgan fingerprint density at radius 2 is 1.77 bits per heavy atom. The van der Waals surface area contributed by atoms with Crippen LogP contribution in [-0.2, 0) is 10.0 Å². The smallest absolute Gasteiger partial charge is 0.247 e. The number of nitrogens with zero attached hydrogens (tertiary/aromatic N) is 2. The largest absolute Gasteiger partial charge is 0.495 e. The summed E-state index contributed by atoms with van der Waals surface area (Å²) < 4.78 is 33.2. The highest BCUT2D eigenvalue weighted by Crippen LogP contribution is 2.32. The van der Waals surface area contributed by atoms with Crippen molar-refractivity contribution in [1.29, 1.82) is 0 Å². The molecule has 1 saturated carbocycles. The zero-order valence-corrected chi connectivity index (χ0v) is 14.5. The third kappa shape index (κ3) is 3.80. The Kier molecular flexibility index (Phi) is 5.83. The van der Waals surface area contributed by atoms with E-state index in [9.17, 15) is 8.42 Å². The molecule has 0 heterocycles. The van der Waals surface area contributed by atoms with Gasteiger partial charge in [-0.3, -0.25) is 0 Å². The van der Waals surface area contributed by atoms with Gasteiger partial charge >= 0.3 is 0 Å². The Hall–Kier alpha value is -1.11. The Bertz CT molecular complexity index is 581. The maximum atomic E-state index is 13.1. The molecule has 6 heteroatoms. The van der Waals surface area contributed by atoms with Crippen LogP contribution in [0.4, 0.5) is 0 Å². The average Bonchev–Trinajstić information content (AvgIpc) is 3.00. The van der Waals surface area contributed by atoms with Gasteiger partial charge in [0.05, 0.1) is 7.11 Å². The highest BCUT2D eigenvalue weighted by molar-refractivity contribution is 7.89. The highest BCUT2D eigenvalue weighted by atomic mass is 32.2. The molecule has 0 atom stereocenters. The minimum absolute atomic E-state index is 0.106. The molecule has 22 heavy (non-hydrogen) atoms. The second-order valence-electron chi connectivity index (χ2n) is 6.01. The standard InChI is InChI=1S/C16H26N2O3S/c1-17(2)12-13-18(14-8-4-5-9-14)22(19,20)16-11-7-6-10-15(16)21-3/h6-7,10-11,14H,4-5,8-9,12-13H2,1-3H3. The first kappa shape index (κ1) is 17.2. The predicted molar refractivity (Wildman–Crippen MR) is 87.7 cm³/mol. The number of benzene rings is 1. The molecule has 0 amide bonds. The molecule has 0 radical (unpaired) electrons. The summed E-state index contributed by atoms with van der Waals surface area (Å²) >= 11 is 0. The lowest BCUT2D eigenvalue weighted by atomic mass is 10.2. The van der Waals surface area contributed by atoms with Crippen LogP contribution in [0.3, 0.4) is 0 Å². The first-order chi connectivity index (χ1) is 10.5. The van der Waals surface area contributed by atoms with Gasteiger partial charge in [-0.1, -0.05) is 25.0 Å². The van der Waals surface area contributed by atoms with Crippen molar-refractivity contribution >= 4 is 10.0 Å². The molecule has 1 aromatic rings. The Morgan fingerprint density at radius 1 is 1.14 bits per heavy atom. The summed E-state index contributed by atoms with van der Waals surface area (Å²) in [5.41, 5.74) is 0. The molecule has 0 aromatic heterocycles. The number of hydrogen-bond acceptors (Lipinski definition) is 4. The van der Waals surface area contributed by atoms with E-state index in [0.717, 1.165) is 25.7 Å². The Morgan fingerprint density at radius 3 is 2.36 bits per heavy atom. The lowest BCUT2D eigenvalue weighted by molar-refractivity contribution is 0.281. The van der Waals surface area contributed by atoms with Crippen molar-refractivity contribution in [1.82, 2.24) is 9.21 Å². The van der Waals surface area contributed by atoms with Gasteiger partial charge in [0.15, 0.2) is 0 Å². The Balaban J connectivity index is 2.35. The van der Waals surface area contributed by atoms with E-state index in [1.54, 1.807) is 28.6 Å². The van der Waals surface area contributed by atoms with Crippen molar-refractivity contribution in [2.45, 2.75) is 36.6 Å². The van der Waals surface area contributed by atoms with Crippen LogP contribution in [-0.4, -0.2) is 58.0 Å². The van der Waals surface area contributed by atoms with Gasteiger partial charge in [0, 0.05) is 19.1 Å². The minimum atomic E-state index is -3.54. The Labute approximate surface area is 133 Å². The normalized spacial score (nSPS) is 16.6. The van der Waals surface area contributed by atoms with Gasteiger partial charge in [-0.2, -0.15) is 4.31 Å². The lowest BCUT2D eigenvalue weighted by Crippen LogP contribution is -2.42. The number of ether oxygens (including phenoxy) is 1. The zero-order chi connectivity index (χ0) is 16.2. The SMILES string of the molecule is COc1ccccc1S(=O)(=O)N(CCN(C)C)C1CCCC1. The van der Waals surface area contributed by atoms with E-state index in [2.05, 4.69) is 0 Å². The molecular weight excluding hydrogens is 300 g/mol. The number of methoxy groups -OCH3 is 1. The quantitative estimate of drug-likeness (QED) is 0.771. The first-order valence-electron chi connectivity index (χ1n) is 7.76. The van der Waals surface area contributed by atoms with Crippen LogP contribution in [0.2, 0.25) is 0 Å². The van der Waals surface area contributed by atoms with Crippen LogP contribution < -0.4 is 4.74 Å². The van der Waals surface area contributed by atoms with Gasteiger partial charge in [0.2, 0.25) is 10.0 Å². The van der Waals surface area contributed by atoms with Crippen LogP contribution in [0, 0.1) is 0 Å². The molecule has 1 aromatic carbocycles. The molecule has 5 nitrogen and oxygen atoms in total. The summed E-state index contributed by atoms with van der Waals surface area (Å²) in [6.45, 7) is 1.23. The van der Waals surface area contributed by atoms with E-state index in [1.165, 1.54) is 7.11 Å². The molecule has 1 fully saturated rings. The number of rotatable bonds is 7. The van der Waals surface area contributed by atoms with E-state index in [0.29, 0.717) is 18.8 Å². The van der Waals surface area contributed by atoms with Gasteiger partial charge in [-0.15, -0.1) is 0 Å². The molecule has 124 valence electrons. The number of sulfonamides is 1. The molecule has 0 N–H and O–H groups in total. The van der Waals surface area contributed by atoms with E-state index in [1.807, 2.05) is 19.0 Å². The van der Waals surface area contributed by atoms with Crippen LogP contribution >= 0.6 is 0 Å². The number of hydrogen-bond donors (Lipinski definition) is 0. The van der Waals surface area contributed by atoms with Gasteiger partial charge in [-0.25, -0.2) is 8.42 Å². The average molecular weight is 326 g/mol. The van der Waals surface area contributed by atoms with Crippen molar-refractivity contribution < 1.29 is 13.2 Å². The summed E-state index contributed by atoms with van der Waals surface area (Å²) in [6, 6.07) is 6.97. The van der Waals surface area contributed by atoms with Gasteiger partial charge < -0.3 is 9.64 Å². The fourth-order valence-corrected chi connectivity index (χ4v) is 4.78. The van der Waals surface area contributed by atoms with Crippen molar-refractivity contribution in [2.75, 3.05) is 34.3 Å². The summed E-state index contributed by atoms with van der Waals surface area (Å²) in [4.78, 5) is 2.28. The molecule has 2 rings (SSSR count). The summed E-state index contributed by atoms with van der Waals surface area (Å²) in [5.74, 6) is 0.412. The second-order valence-corrected chi connectivity index (χ2v) is 7.87. The van der Waals surface area contributed by atoms with Crippen molar-refractivity contribution in [2.24, 2.45) is 0 Å². The third-order valence-corrected chi connectivity index (χ3v) is 6.15. The lowest BCUT2D eigenvalue weighted by Gasteiger charge is -2.29. The number of likely N-dealkylation sites (N-methyl/N-ethyl adjacent to an activating group) is 1. The van der Waals surface area contributed by atoms with Crippen LogP contribution in [0.5, 0.6) is 5.75 Å². The zero-order valence-electron chi connectivity index (χ0n) is 13.7. The molecule has 1 aliphatic rings. The fraction of sp³-hybridized carbons (Fsp3) is 0.625. The summed E-state index contributed by atoms with van der Waals surface area (Å²) in [6.07, 6.45) is 4.10. The monoisotopic (exact) mass is 326 g/mol. The van der Waals surface area contributed by atoms with E-state index in [-0.39, 0.29) is 10.9 Å². The van der Waals surface area contributed by atoms with E-state index < -0.39 is 10.0 Å². The van der Waals surface area contributed by atoms with Crippen LogP contribution in [0.25, 0.3) is 0 Å². The predicted octanol–water partition coefficient (Wildman–Crippen LogP) is 2.19. The van der Waals surface area contributed by atoms with Gasteiger partial charge in [0.25, 0.3) is 0 Å². The first-order valence-corrected chi connectivity index (χ1v) is 9.20. The van der Waals surface area contributed by atoms with E-state index >= 15 is 0 Å². The van der Waals surface area contributed by atoms with Crippen LogP contribution in [0.1, 0.15) is 25.7 Å². The maximum absolute atomic E-state index is 13.1. The fourth-order valence-electron chi connectivity index (χ4n) is 2.95. The maximum Gasteiger partial charge on any atom is 0.247 e. The molecule has 0 spiro atoms. The summed E-state index contributed by atoms with van der Waals surface area (Å²) in [5, 5.41) is 0. The molecular formula is C16H26N2O3S. The van der Waals surface area contributed by atoms with Crippen molar-refractivity contribution in [3.63, 3.8) is 0 Å². The summed E-state index contributed by atoms with van der Waals surface area (Å²) in [7, 11) is 1.89. The molecule has 0 bridgehead atoms.